The second kappa shape index (κ2) is 8.32. The lowest BCUT2D eigenvalue weighted by atomic mass is 10.0. The molecule has 2 N–H and O–H groups in total. The van der Waals surface area contributed by atoms with Gasteiger partial charge in [0.2, 0.25) is 0 Å². The normalized spacial score (nSPS) is 11.1. The summed E-state index contributed by atoms with van der Waals surface area (Å²) in [5.41, 5.74) is 6.81. The summed E-state index contributed by atoms with van der Waals surface area (Å²) < 4.78 is 30.1. The van der Waals surface area contributed by atoms with E-state index >= 15 is 0 Å². The van der Waals surface area contributed by atoms with Gasteiger partial charge in [0.1, 0.15) is 11.5 Å². The Hall–Kier alpha value is -3.39. The van der Waals surface area contributed by atoms with Crippen molar-refractivity contribution < 1.29 is 22.4 Å². The van der Waals surface area contributed by atoms with Gasteiger partial charge in [-0.15, -0.1) is 0 Å². The second-order valence-corrected chi connectivity index (χ2v) is 8.48. The third-order valence-electron chi connectivity index (χ3n) is 4.46. The number of hydrogen-bond acceptors (Lipinski definition) is 5. The van der Waals surface area contributed by atoms with E-state index < -0.39 is 21.7 Å². The van der Waals surface area contributed by atoms with Crippen LogP contribution in [-0.2, 0) is 15.6 Å². The SMILES string of the molecule is Cc1cccc(C(=O)NNC(=O)c2ccc(CS(=O)(=O)c3ccccc3)o2)c1C. The highest BCUT2D eigenvalue weighted by atomic mass is 32.2. The smallest absolute Gasteiger partial charge is 0.305 e. The molecule has 0 atom stereocenters. The molecule has 7 nitrogen and oxygen atoms in total. The van der Waals surface area contributed by atoms with E-state index in [1.807, 2.05) is 19.9 Å². The Morgan fingerprint density at radius 1 is 0.862 bits per heavy atom. The molecule has 0 fully saturated rings. The van der Waals surface area contributed by atoms with E-state index in [0.29, 0.717) is 5.56 Å². The maximum absolute atomic E-state index is 12.4. The number of rotatable bonds is 5. The van der Waals surface area contributed by atoms with Crippen LogP contribution in [0.5, 0.6) is 0 Å². The van der Waals surface area contributed by atoms with Crippen LogP contribution in [0.2, 0.25) is 0 Å². The molecule has 150 valence electrons. The summed E-state index contributed by atoms with van der Waals surface area (Å²) >= 11 is 0. The van der Waals surface area contributed by atoms with E-state index in [4.69, 9.17) is 4.42 Å². The van der Waals surface area contributed by atoms with Crippen LogP contribution in [-0.4, -0.2) is 20.2 Å². The highest BCUT2D eigenvalue weighted by molar-refractivity contribution is 7.90. The van der Waals surface area contributed by atoms with Crippen LogP contribution in [0.3, 0.4) is 0 Å². The molecule has 1 aromatic heterocycles. The van der Waals surface area contributed by atoms with E-state index in [1.165, 1.54) is 24.3 Å². The van der Waals surface area contributed by atoms with Crippen molar-refractivity contribution in [3.05, 3.63) is 88.9 Å². The lowest BCUT2D eigenvalue weighted by molar-refractivity contribution is 0.0829. The highest BCUT2D eigenvalue weighted by Gasteiger charge is 2.19. The third-order valence-corrected chi connectivity index (χ3v) is 6.11. The minimum Gasteiger partial charge on any atom is -0.455 e. The number of nitrogens with one attached hydrogen (secondary N) is 2. The molecule has 0 spiro atoms. The Kier molecular flexibility index (Phi) is 5.84. The summed E-state index contributed by atoms with van der Waals surface area (Å²) in [6.45, 7) is 3.70. The van der Waals surface area contributed by atoms with Crippen molar-refractivity contribution in [2.45, 2.75) is 24.5 Å². The lowest BCUT2D eigenvalue weighted by Crippen LogP contribution is -2.41. The molecule has 0 aliphatic heterocycles. The summed E-state index contributed by atoms with van der Waals surface area (Å²) in [4.78, 5) is 24.6. The minimum atomic E-state index is -3.59. The van der Waals surface area contributed by atoms with Crippen LogP contribution in [0.25, 0.3) is 0 Å². The van der Waals surface area contributed by atoms with E-state index in [2.05, 4.69) is 10.9 Å². The zero-order valence-corrected chi connectivity index (χ0v) is 16.7. The molecule has 8 heteroatoms. The van der Waals surface area contributed by atoms with Gasteiger partial charge < -0.3 is 4.42 Å². The molecule has 1 heterocycles. The van der Waals surface area contributed by atoms with Crippen LogP contribution in [0, 0.1) is 13.8 Å². The maximum atomic E-state index is 12.4. The molecule has 3 rings (SSSR count). The number of aryl methyl sites for hydroxylation is 1. The second-order valence-electron chi connectivity index (χ2n) is 6.49. The van der Waals surface area contributed by atoms with Crippen molar-refractivity contribution in [2.75, 3.05) is 0 Å². The number of hydrogen-bond donors (Lipinski definition) is 2. The summed E-state index contributed by atoms with van der Waals surface area (Å²) in [5, 5.41) is 0. The van der Waals surface area contributed by atoms with Crippen molar-refractivity contribution in [3.8, 4) is 0 Å². The van der Waals surface area contributed by atoms with Gasteiger partial charge >= 0.3 is 5.91 Å². The van der Waals surface area contributed by atoms with Gasteiger partial charge in [0.25, 0.3) is 5.91 Å². The quantitative estimate of drug-likeness (QED) is 0.627. The van der Waals surface area contributed by atoms with Crippen LogP contribution >= 0.6 is 0 Å². The number of amides is 2. The number of benzene rings is 2. The Balaban J connectivity index is 1.64. The number of carbonyl (C=O) groups excluding carboxylic acids is 2. The van der Waals surface area contributed by atoms with Crippen LogP contribution in [0.4, 0.5) is 0 Å². The highest BCUT2D eigenvalue weighted by Crippen LogP contribution is 2.18. The molecule has 0 bridgehead atoms. The van der Waals surface area contributed by atoms with Crippen LogP contribution in [0.1, 0.15) is 37.8 Å². The fourth-order valence-electron chi connectivity index (χ4n) is 2.72. The van der Waals surface area contributed by atoms with Gasteiger partial charge in [-0.2, -0.15) is 0 Å². The Morgan fingerprint density at radius 2 is 1.55 bits per heavy atom. The fourth-order valence-corrected chi connectivity index (χ4v) is 3.98. The average Bonchev–Trinajstić information content (AvgIpc) is 3.16. The predicted molar refractivity (Wildman–Crippen MR) is 107 cm³/mol. The average molecular weight is 412 g/mol. The van der Waals surface area contributed by atoms with Gasteiger partial charge in [0.15, 0.2) is 15.6 Å². The maximum Gasteiger partial charge on any atom is 0.305 e. The standard InChI is InChI=1S/C21H20N2O5S/c1-14-7-6-10-18(15(14)2)20(24)22-23-21(25)19-12-11-16(28-19)13-29(26,27)17-8-4-3-5-9-17/h3-12H,13H2,1-2H3,(H,22,24)(H,23,25). The largest absolute Gasteiger partial charge is 0.455 e. The molecule has 2 amide bonds. The third kappa shape index (κ3) is 4.72. The first-order valence-corrected chi connectivity index (χ1v) is 10.5. The summed E-state index contributed by atoms with van der Waals surface area (Å²) in [5.74, 6) is -1.51. The van der Waals surface area contributed by atoms with Crippen molar-refractivity contribution in [2.24, 2.45) is 0 Å². The van der Waals surface area contributed by atoms with E-state index in [1.54, 1.807) is 30.3 Å². The zero-order chi connectivity index (χ0) is 21.0. The Bertz CT molecular complexity index is 1150. The number of sulfone groups is 1. The molecule has 29 heavy (non-hydrogen) atoms. The summed E-state index contributed by atoms with van der Waals surface area (Å²) in [7, 11) is -3.59. The summed E-state index contributed by atoms with van der Waals surface area (Å²) in [6, 6.07) is 16.0. The first kappa shape index (κ1) is 20.3. The van der Waals surface area contributed by atoms with E-state index in [0.717, 1.165) is 11.1 Å². The molecule has 0 saturated heterocycles. The molecule has 0 aliphatic rings. The number of carbonyl (C=O) groups is 2. The molecular formula is C21H20N2O5S. The van der Waals surface area contributed by atoms with Gasteiger partial charge in [-0.25, -0.2) is 8.42 Å². The Labute approximate surface area is 168 Å². The van der Waals surface area contributed by atoms with Crippen molar-refractivity contribution in [1.29, 1.82) is 0 Å². The molecule has 2 aromatic carbocycles. The first-order valence-electron chi connectivity index (χ1n) is 8.81. The minimum absolute atomic E-state index is 0.107. The fraction of sp³-hybridized carbons (Fsp3) is 0.143. The van der Waals surface area contributed by atoms with Gasteiger partial charge in [-0.1, -0.05) is 30.3 Å². The van der Waals surface area contributed by atoms with Crippen LogP contribution in [0.15, 0.2) is 70.0 Å². The molecule has 0 radical (unpaired) electrons. The topological polar surface area (TPSA) is 105 Å². The Morgan fingerprint density at radius 3 is 2.28 bits per heavy atom. The lowest BCUT2D eigenvalue weighted by Gasteiger charge is -2.09. The van der Waals surface area contributed by atoms with Crippen molar-refractivity contribution >= 4 is 21.7 Å². The molecule has 3 aromatic rings. The zero-order valence-electron chi connectivity index (χ0n) is 15.9. The van der Waals surface area contributed by atoms with E-state index in [-0.39, 0.29) is 22.2 Å². The predicted octanol–water partition coefficient (Wildman–Crippen LogP) is 2.95. The molecule has 0 aliphatic carbocycles. The summed E-state index contributed by atoms with van der Waals surface area (Å²) in [6.07, 6.45) is 0. The van der Waals surface area contributed by atoms with Gasteiger partial charge in [-0.3, -0.25) is 20.4 Å². The number of furan rings is 1. The van der Waals surface area contributed by atoms with Crippen molar-refractivity contribution in [3.63, 3.8) is 0 Å². The number of hydrazine groups is 1. The molecular weight excluding hydrogens is 392 g/mol. The van der Waals surface area contributed by atoms with Gasteiger partial charge in [-0.05, 0) is 55.3 Å². The monoisotopic (exact) mass is 412 g/mol. The van der Waals surface area contributed by atoms with Crippen molar-refractivity contribution in [1.82, 2.24) is 10.9 Å². The van der Waals surface area contributed by atoms with Gasteiger partial charge in [0.05, 0.1) is 4.90 Å². The first-order chi connectivity index (χ1) is 13.8. The van der Waals surface area contributed by atoms with Gasteiger partial charge in [0, 0.05) is 5.56 Å². The van der Waals surface area contributed by atoms with Crippen LogP contribution < -0.4 is 10.9 Å². The van der Waals surface area contributed by atoms with E-state index in [9.17, 15) is 18.0 Å². The molecule has 0 saturated carbocycles. The molecule has 0 unspecified atom stereocenters.